The van der Waals surface area contributed by atoms with E-state index in [1.165, 1.54) is 30.6 Å². The van der Waals surface area contributed by atoms with Crippen LogP contribution in [0.15, 0.2) is 45.9 Å². The van der Waals surface area contributed by atoms with E-state index in [-0.39, 0.29) is 33.9 Å². The van der Waals surface area contributed by atoms with Gasteiger partial charge in [-0.1, -0.05) is 0 Å². The van der Waals surface area contributed by atoms with Crippen molar-refractivity contribution in [2.75, 3.05) is 0 Å². The van der Waals surface area contributed by atoms with Gasteiger partial charge in [-0.15, -0.1) is 0 Å². The van der Waals surface area contributed by atoms with E-state index in [0.29, 0.717) is 5.56 Å². The molecule has 94 valence electrons. The maximum atomic E-state index is 11.9. The van der Waals surface area contributed by atoms with E-state index >= 15 is 0 Å². The van der Waals surface area contributed by atoms with Gasteiger partial charge in [0.25, 0.3) is 0 Å². The topological polar surface area (TPSA) is 96.5 Å². The molecule has 6 nitrogen and oxygen atoms in total. The molecule has 0 aliphatic heterocycles. The van der Waals surface area contributed by atoms with E-state index in [9.17, 15) is 15.0 Å². The molecule has 2 heterocycles. The number of phenolic OH excluding ortho intramolecular Hbond substituents is 2. The molecule has 0 fully saturated rings. The monoisotopic (exact) mass is 256 g/mol. The second kappa shape index (κ2) is 4.09. The highest BCUT2D eigenvalue weighted by molar-refractivity contribution is 5.73. The van der Waals surface area contributed by atoms with Crippen molar-refractivity contribution in [3.8, 4) is 22.8 Å². The van der Waals surface area contributed by atoms with E-state index in [0.717, 1.165) is 6.07 Å². The molecule has 0 atom stereocenters. The van der Waals surface area contributed by atoms with Gasteiger partial charge in [0.05, 0.1) is 5.56 Å². The first-order chi connectivity index (χ1) is 9.15. The minimum Gasteiger partial charge on any atom is -0.508 e. The van der Waals surface area contributed by atoms with Gasteiger partial charge in [0.2, 0.25) is 11.1 Å². The van der Waals surface area contributed by atoms with Gasteiger partial charge in [-0.3, -0.25) is 4.79 Å². The first-order valence-electron chi connectivity index (χ1n) is 5.42. The molecule has 0 unspecified atom stereocenters. The summed E-state index contributed by atoms with van der Waals surface area (Å²) in [5, 5.41) is 19.0. The first-order valence-corrected chi connectivity index (χ1v) is 5.42. The van der Waals surface area contributed by atoms with Gasteiger partial charge < -0.3 is 14.6 Å². The fourth-order valence-corrected chi connectivity index (χ4v) is 1.75. The summed E-state index contributed by atoms with van der Waals surface area (Å²) in [5.41, 5.74) is 0.168. The first kappa shape index (κ1) is 11.2. The zero-order valence-electron chi connectivity index (χ0n) is 9.57. The number of aromatic hydroxyl groups is 2. The number of phenols is 2. The standard InChI is InChI=1S/C13H8N2O4/c16-7-1-2-8(9(17)5-7)11-6-10(18)12-13(19-11)15-4-3-14-12/h1-6,16-17H. The largest absolute Gasteiger partial charge is 0.508 e. The van der Waals surface area contributed by atoms with Crippen LogP contribution in [0.5, 0.6) is 11.5 Å². The smallest absolute Gasteiger partial charge is 0.249 e. The fraction of sp³-hybridized carbons (Fsp3) is 0. The van der Waals surface area contributed by atoms with E-state index < -0.39 is 0 Å². The summed E-state index contributed by atoms with van der Waals surface area (Å²) in [4.78, 5) is 19.7. The maximum absolute atomic E-state index is 11.9. The lowest BCUT2D eigenvalue weighted by Crippen LogP contribution is -2.03. The van der Waals surface area contributed by atoms with Gasteiger partial charge in [0.1, 0.15) is 17.3 Å². The molecule has 2 aromatic heterocycles. The SMILES string of the molecule is O=c1cc(-c2ccc(O)cc2O)oc2nccnc12. The number of nitrogens with zero attached hydrogens (tertiary/aromatic N) is 2. The number of hydrogen-bond acceptors (Lipinski definition) is 6. The van der Waals surface area contributed by atoms with Crippen LogP contribution in [-0.2, 0) is 0 Å². The Labute approximate surface area is 106 Å². The summed E-state index contributed by atoms with van der Waals surface area (Å²) < 4.78 is 5.43. The van der Waals surface area contributed by atoms with Gasteiger partial charge in [-0.05, 0) is 12.1 Å². The van der Waals surface area contributed by atoms with E-state index in [4.69, 9.17) is 4.42 Å². The number of rotatable bonds is 1. The Bertz CT molecular complexity index is 826. The minimum absolute atomic E-state index is 0.0795. The predicted octanol–water partition coefficient (Wildman–Crippen LogP) is 1.66. The molecule has 0 saturated carbocycles. The second-order valence-electron chi connectivity index (χ2n) is 3.89. The number of fused-ring (bicyclic) bond motifs is 1. The van der Waals surface area contributed by atoms with E-state index in [1.807, 2.05) is 0 Å². The lowest BCUT2D eigenvalue weighted by molar-refractivity contribution is 0.450. The molecule has 0 spiro atoms. The van der Waals surface area contributed by atoms with Crippen molar-refractivity contribution in [2.24, 2.45) is 0 Å². The Hall–Kier alpha value is -2.89. The summed E-state index contributed by atoms with van der Waals surface area (Å²) in [6.45, 7) is 0. The number of aromatic nitrogens is 2. The molecule has 0 aliphatic carbocycles. The average Bonchev–Trinajstić information content (AvgIpc) is 2.38. The van der Waals surface area contributed by atoms with Crippen LogP contribution in [0.2, 0.25) is 0 Å². The molecule has 2 N–H and O–H groups in total. The molecule has 1 aromatic carbocycles. The number of hydrogen-bond donors (Lipinski definition) is 2. The zero-order chi connectivity index (χ0) is 13.4. The Kier molecular flexibility index (Phi) is 2.42. The van der Waals surface area contributed by atoms with Crippen LogP contribution in [0.3, 0.4) is 0 Å². The third-order valence-electron chi connectivity index (χ3n) is 2.61. The Balaban J connectivity index is 2.28. The van der Waals surface area contributed by atoms with Crippen molar-refractivity contribution in [3.63, 3.8) is 0 Å². The highest BCUT2D eigenvalue weighted by atomic mass is 16.3. The van der Waals surface area contributed by atoms with Gasteiger partial charge in [-0.25, -0.2) is 9.97 Å². The molecule has 3 rings (SSSR count). The molecule has 0 saturated heterocycles. The minimum atomic E-state index is -0.350. The molecular weight excluding hydrogens is 248 g/mol. The van der Waals surface area contributed by atoms with Gasteiger partial charge >= 0.3 is 0 Å². The molecule has 0 aliphatic rings. The van der Waals surface area contributed by atoms with Crippen LogP contribution < -0.4 is 5.43 Å². The van der Waals surface area contributed by atoms with Gasteiger partial charge in [0, 0.05) is 24.5 Å². The van der Waals surface area contributed by atoms with Crippen LogP contribution in [0.1, 0.15) is 0 Å². The third kappa shape index (κ3) is 1.89. The van der Waals surface area contributed by atoms with E-state index in [1.54, 1.807) is 0 Å². The van der Waals surface area contributed by atoms with Crippen LogP contribution in [0.4, 0.5) is 0 Å². The normalized spacial score (nSPS) is 10.7. The Morgan fingerprint density at radius 3 is 2.63 bits per heavy atom. The van der Waals surface area contributed by atoms with Crippen molar-refractivity contribution < 1.29 is 14.6 Å². The van der Waals surface area contributed by atoms with Crippen molar-refractivity contribution in [1.29, 1.82) is 0 Å². The summed E-state index contributed by atoms with van der Waals surface area (Å²) >= 11 is 0. The Morgan fingerprint density at radius 2 is 1.84 bits per heavy atom. The lowest BCUT2D eigenvalue weighted by atomic mass is 10.1. The van der Waals surface area contributed by atoms with Crippen molar-refractivity contribution in [2.45, 2.75) is 0 Å². The fourth-order valence-electron chi connectivity index (χ4n) is 1.75. The molecule has 0 bridgehead atoms. The molecule has 0 radical (unpaired) electrons. The van der Waals surface area contributed by atoms with Crippen molar-refractivity contribution in [1.82, 2.24) is 9.97 Å². The summed E-state index contributed by atoms with van der Waals surface area (Å²) in [6, 6.07) is 5.22. The third-order valence-corrected chi connectivity index (χ3v) is 2.61. The molecule has 6 heteroatoms. The van der Waals surface area contributed by atoms with Crippen LogP contribution in [-0.4, -0.2) is 20.2 Å². The average molecular weight is 256 g/mol. The zero-order valence-corrected chi connectivity index (χ0v) is 9.57. The van der Waals surface area contributed by atoms with Crippen molar-refractivity contribution >= 4 is 11.2 Å². The van der Waals surface area contributed by atoms with Gasteiger partial charge in [-0.2, -0.15) is 0 Å². The van der Waals surface area contributed by atoms with Crippen LogP contribution in [0, 0.1) is 0 Å². The highest BCUT2D eigenvalue weighted by Gasteiger charge is 2.12. The summed E-state index contributed by atoms with van der Waals surface area (Å²) in [7, 11) is 0. The van der Waals surface area contributed by atoms with Crippen LogP contribution in [0.25, 0.3) is 22.6 Å². The molecule has 0 amide bonds. The summed E-state index contributed by atoms with van der Waals surface area (Å²) in [5.74, 6) is -0.105. The van der Waals surface area contributed by atoms with Crippen LogP contribution >= 0.6 is 0 Å². The second-order valence-corrected chi connectivity index (χ2v) is 3.89. The lowest BCUT2D eigenvalue weighted by Gasteiger charge is -2.04. The summed E-state index contributed by atoms with van der Waals surface area (Å²) in [6.07, 6.45) is 2.81. The van der Waals surface area contributed by atoms with E-state index in [2.05, 4.69) is 9.97 Å². The molecule has 19 heavy (non-hydrogen) atoms. The van der Waals surface area contributed by atoms with Crippen molar-refractivity contribution in [3.05, 3.63) is 46.9 Å². The molecular formula is C13H8N2O4. The Morgan fingerprint density at radius 1 is 1.05 bits per heavy atom. The quantitative estimate of drug-likeness (QED) is 0.687. The highest BCUT2D eigenvalue weighted by Crippen LogP contribution is 2.31. The predicted molar refractivity (Wildman–Crippen MR) is 66.8 cm³/mol. The number of benzene rings is 1. The molecule has 3 aromatic rings. The van der Waals surface area contributed by atoms with Gasteiger partial charge in [0.15, 0.2) is 5.52 Å². The maximum Gasteiger partial charge on any atom is 0.249 e.